The number of ether oxygens (including phenoxy) is 2. The molecular formula is C21H35N3O3. The fourth-order valence-electron chi connectivity index (χ4n) is 3.56. The number of nitrogens with one attached hydrogen (secondary N) is 2. The molecular weight excluding hydrogens is 342 g/mol. The summed E-state index contributed by atoms with van der Waals surface area (Å²) in [5.41, 5.74) is 0.856. The Kier molecular flexibility index (Phi) is 7.78. The predicted octanol–water partition coefficient (Wildman–Crippen LogP) is 3.30. The number of phenols is 1. The summed E-state index contributed by atoms with van der Waals surface area (Å²) in [6.45, 7) is 11.6. The smallest absolute Gasteiger partial charge is 0.191 e. The summed E-state index contributed by atoms with van der Waals surface area (Å²) < 4.78 is 11.3. The number of guanidine groups is 1. The largest absolute Gasteiger partial charge is 0.508 e. The minimum atomic E-state index is 0.120. The van der Waals surface area contributed by atoms with Crippen molar-refractivity contribution in [2.24, 2.45) is 16.3 Å². The van der Waals surface area contributed by atoms with Crippen molar-refractivity contribution in [2.75, 3.05) is 26.8 Å². The Bertz CT molecular complexity index is 626. The summed E-state index contributed by atoms with van der Waals surface area (Å²) in [6.07, 6.45) is 2.50. The number of methoxy groups -OCH3 is 1. The molecule has 1 saturated heterocycles. The molecule has 2 atom stereocenters. The zero-order valence-electron chi connectivity index (χ0n) is 17.3. The van der Waals surface area contributed by atoms with E-state index in [1.54, 1.807) is 19.2 Å². The molecule has 1 heterocycles. The first-order valence-corrected chi connectivity index (χ1v) is 9.84. The number of nitrogens with zero attached hydrogens (tertiary/aromatic N) is 1. The van der Waals surface area contributed by atoms with Crippen molar-refractivity contribution in [3.05, 3.63) is 23.8 Å². The fraction of sp³-hybridized carbons (Fsp3) is 0.667. The number of benzene rings is 1. The number of phenolic OH excluding ortho intramolecular Hbond substituents is 1. The lowest BCUT2D eigenvalue weighted by atomic mass is 9.78. The van der Waals surface area contributed by atoms with Gasteiger partial charge in [-0.2, -0.15) is 0 Å². The van der Waals surface area contributed by atoms with Gasteiger partial charge in [0.05, 0.1) is 19.8 Å². The Balaban J connectivity index is 2.03. The Morgan fingerprint density at radius 1 is 1.33 bits per heavy atom. The summed E-state index contributed by atoms with van der Waals surface area (Å²) in [6, 6.07) is 5.19. The van der Waals surface area contributed by atoms with Gasteiger partial charge >= 0.3 is 0 Å². The van der Waals surface area contributed by atoms with Crippen LogP contribution in [-0.4, -0.2) is 44.0 Å². The molecule has 0 aliphatic carbocycles. The number of rotatable bonds is 6. The molecule has 1 aromatic carbocycles. The average Bonchev–Trinajstić information content (AvgIpc) is 2.64. The van der Waals surface area contributed by atoms with Crippen LogP contribution in [0.2, 0.25) is 0 Å². The highest BCUT2D eigenvalue weighted by Crippen LogP contribution is 2.33. The van der Waals surface area contributed by atoms with E-state index in [-0.39, 0.29) is 17.3 Å². The predicted molar refractivity (Wildman–Crippen MR) is 109 cm³/mol. The van der Waals surface area contributed by atoms with Crippen molar-refractivity contribution in [2.45, 2.75) is 53.2 Å². The first-order chi connectivity index (χ1) is 12.8. The molecule has 1 aromatic rings. The van der Waals surface area contributed by atoms with Crippen molar-refractivity contribution in [3.63, 3.8) is 0 Å². The van der Waals surface area contributed by atoms with Crippen LogP contribution >= 0.6 is 0 Å². The Morgan fingerprint density at radius 2 is 2.11 bits per heavy atom. The molecule has 6 heteroatoms. The maximum atomic E-state index is 10.0. The number of hydrogen-bond acceptors (Lipinski definition) is 4. The zero-order chi connectivity index (χ0) is 19.9. The van der Waals surface area contributed by atoms with Gasteiger partial charge in [0.25, 0.3) is 0 Å². The summed E-state index contributed by atoms with van der Waals surface area (Å²) in [5.74, 6) is 2.14. The summed E-state index contributed by atoms with van der Waals surface area (Å²) >= 11 is 0. The quantitative estimate of drug-likeness (QED) is 0.524. The van der Waals surface area contributed by atoms with Crippen LogP contribution in [-0.2, 0) is 11.3 Å². The van der Waals surface area contributed by atoms with Crippen LogP contribution in [0.1, 0.15) is 46.1 Å². The minimum absolute atomic E-state index is 0.120. The Morgan fingerprint density at radius 3 is 2.78 bits per heavy atom. The Hall–Kier alpha value is -1.95. The highest BCUT2D eigenvalue weighted by Gasteiger charge is 2.35. The lowest BCUT2D eigenvalue weighted by molar-refractivity contribution is -0.0835. The molecule has 0 amide bonds. The molecule has 1 fully saturated rings. The molecule has 1 aliphatic heterocycles. The van der Waals surface area contributed by atoms with E-state index < -0.39 is 0 Å². The molecule has 1 aliphatic rings. The molecule has 3 N–H and O–H groups in total. The second kappa shape index (κ2) is 9.83. The van der Waals surface area contributed by atoms with Gasteiger partial charge in [-0.15, -0.1) is 0 Å². The van der Waals surface area contributed by atoms with Crippen LogP contribution in [0.5, 0.6) is 11.5 Å². The van der Waals surface area contributed by atoms with E-state index in [1.165, 1.54) is 0 Å². The van der Waals surface area contributed by atoms with Gasteiger partial charge in [-0.1, -0.05) is 20.8 Å². The van der Waals surface area contributed by atoms with Gasteiger partial charge in [0.2, 0.25) is 0 Å². The third kappa shape index (κ3) is 6.31. The minimum Gasteiger partial charge on any atom is -0.508 e. The summed E-state index contributed by atoms with van der Waals surface area (Å²) in [4.78, 5) is 4.63. The van der Waals surface area contributed by atoms with Gasteiger partial charge in [-0.05, 0) is 43.4 Å². The average molecular weight is 378 g/mol. The SMILES string of the molecule is CCNC(=NCc1cc(OC)ccc1O)NCC1CCCOC1C(C)(C)C. The molecule has 152 valence electrons. The molecule has 0 bridgehead atoms. The van der Waals surface area contributed by atoms with Gasteiger partial charge in [0.15, 0.2) is 5.96 Å². The summed E-state index contributed by atoms with van der Waals surface area (Å²) in [7, 11) is 1.61. The van der Waals surface area contributed by atoms with Crippen LogP contribution in [0.4, 0.5) is 0 Å². The van der Waals surface area contributed by atoms with Gasteiger partial charge in [-0.3, -0.25) is 0 Å². The first kappa shape index (κ1) is 21.4. The lowest BCUT2D eigenvalue weighted by Crippen LogP contribution is -2.47. The van der Waals surface area contributed by atoms with E-state index in [9.17, 15) is 5.11 Å². The maximum Gasteiger partial charge on any atom is 0.191 e. The second-order valence-electron chi connectivity index (χ2n) is 8.13. The molecule has 27 heavy (non-hydrogen) atoms. The van der Waals surface area contributed by atoms with Crippen LogP contribution < -0.4 is 15.4 Å². The van der Waals surface area contributed by atoms with Gasteiger partial charge in [0, 0.05) is 31.2 Å². The van der Waals surface area contributed by atoms with E-state index in [0.717, 1.165) is 44.1 Å². The third-order valence-electron chi connectivity index (χ3n) is 4.87. The first-order valence-electron chi connectivity index (χ1n) is 9.84. The highest BCUT2D eigenvalue weighted by molar-refractivity contribution is 5.79. The van der Waals surface area contributed by atoms with Crippen LogP contribution in [0.15, 0.2) is 23.2 Å². The number of aliphatic imine (C=N–C) groups is 1. The van der Waals surface area contributed by atoms with Crippen molar-refractivity contribution >= 4 is 5.96 Å². The molecule has 0 radical (unpaired) electrons. The van der Waals surface area contributed by atoms with E-state index in [0.29, 0.717) is 18.2 Å². The van der Waals surface area contributed by atoms with E-state index in [1.807, 2.05) is 13.0 Å². The van der Waals surface area contributed by atoms with Crippen LogP contribution in [0, 0.1) is 11.3 Å². The molecule has 0 spiro atoms. The van der Waals surface area contributed by atoms with Gasteiger partial charge in [-0.25, -0.2) is 4.99 Å². The van der Waals surface area contributed by atoms with E-state index in [4.69, 9.17) is 9.47 Å². The third-order valence-corrected chi connectivity index (χ3v) is 4.87. The topological polar surface area (TPSA) is 75.1 Å². The molecule has 0 saturated carbocycles. The zero-order valence-corrected chi connectivity index (χ0v) is 17.3. The summed E-state index contributed by atoms with van der Waals surface area (Å²) in [5, 5.41) is 16.8. The number of hydrogen-bond donors (Lipinski definition) is 3. The van der Waals surface area contributed by atoms with Crippen molar-refractivity contribution in [3.8, 4) is 11.5 Å². The lowest BCUT2D eigenvalue weighted by Gasteiger charge is -2.40. The van der Waals surface area contributed by atoms with Crippen molar-refractivity contribution in [1.29, 1.82) is 0 Å². The normalized spacial score (nSPS) is 21.0. The molecule has 6 nitrogen and oxygen atoms in total. The van der Waals surface area contributed by atoms with Gasteiger partial charge < -0.3 is 25.2 Å². The maximum absolute atomic E-state index is 10.0. The van der Waals surface area contributed by atoms with Crippen molar-refractivity contribution in [1.82, 2.24) is 10.6 Å². The fourth-order valence-corrected chi connectivity index (χ4v) is 3.56. The highest BCUT2D eigenvalue weighted by atomic mass is 16.5. The van der Waals surface area contributed by atoms with Crippen molar-refractivity contribution < 1.29 is 14.6 Å². The monoisotopic (exact) mass is 377 g/mol. The van der Waals surface area contributed by atoms with E-state index >= 15 is 0 Å². The standard InChI is InChI=1S/C21H35N3O3/c1-6-22-20(24-14-16-12-17(26-5)9-10-18(16)25)23-13-15-8-7-11-27-19(15)21(2,3)4/h9-10,12,15,19,25H,6-8,11,13-14H2,1-5H3,(H2,22,23,24). The van der Waals surface area contributed by atoms with Crippen LogP contribution in [0.25, 0.3) is 0 Å². The van der Waals surface area contributed by atoms with E-state index in [2.05, 4.69) is 36.4 Å². The molecule has 0 aromatic heterocycles. The second-order valence-corrected chi connectivity index (χ2v) is 8.13. The number of aromatic hydroxyl groups is 1. The van der Waals surface area contributed by atoms with Crippen LogP contribution in [0.3, 0.4) is 0 Å². The molecule has 2 unspecified atom stereocenters. The van der Waals surface area contributed by atoms with Gasteiger partial charge in [0.1, 0.15) is 11.5 Å². The molecule has 2 rings (SSSR count). The Labute approximate surface area is 163 Å².